The second kappa shape index (κ2) is 7.35. The average Bonchev–Trinajstić information content (AvgIpc) is 3.10. The zero-order chi connectivity index (χ0) is 18.6. The van der Waals surface area contributed by atoms with Gasteiger partial charge in [0.15, 0.2) is 5.82 Å². The molecule has 3 heterocycles. The number of aromatic nitrogens is 4. The van der Waals surface area contributed by atoms with Crippen LogP contribution in [-0.2, 0) is 12.0 Å². The Kier molecular flexibility index (Phi) is 4.97. The molecule has 0 bridgehead atoms. The van der Waals surface area contributed by atoms with Crippen LogP contribution in [-0.4, -0.2) is 26.1 Å². The van der Waals surface area contributed by atoms with Crippen molar-refractivity contribution in [2.45, 2.75) is 32.7 Å². The van der Waals surface area contributed by atoms with Gasteiger partial charge in [-0.1, -0.05) is 20.8 Å². The van der Waals surface area contributed by atoms with E-state index >= 15 is 0 Å². The van der Waals surface area contributed by atoms with Crippen molar-refractivity contribution < 1.29 is 4.79 Å². The van der Waals surface area contributed by atoms with Crippen molar-refractivity contribution in [3.63, 3.8) is 0 Å². The lowest BCUT2D eigenvalue weighted by atomic mass is 9.92. The van der Waals surface area contributed by atoms with E-state index in [1.54, 1.807) is 30.7 Å². The van der Waals surface area contributed by atoms with E-state index in [0.29, 0.717) is 23.7 Å². The van der Waals surface area contributed by atoms with Crippen molar-refractivity contribution in [3.8, 4) is 0 Å². The molecule has 0 atom stereocenters. The largest absolute Gasteiger partial charge is 0.365 e. The number of hydrogen-bond acceptors (Lipinski definition) is 5. The topological polar surface area (TPSA) is 95.6 Å². The maximum atomic E-state index is 12.7. The molecular formula is C19H22N6O. The molecule has 134 valence electrons. The SMILES string of the molecule is CC(C)(C)c1cc(NC(=O)c2cccnc2NCc2ccncc2)n[nH]1. The number of aromatic amines is 1. The second-order valence-electron chi connectivity index (χ2n) is 6.98. The van der Waals surface area contributed by atoms with Gasteiger partial charge in [0.1, 0.15) is 5.82 Å². The summed E-state index contributed by atoms with van der Waals surface area (Å²) in [5, 5.41) is 13.1. The van der Waals surface area contributed by atoms with Gasteiger partial charge in [0.25, 0.3) is 5.91 Å². The molecule has 0 aromatic carbocycles. The predicted molar refractivity (Wildman–Crippen MR) is 101 cm³/mol. The number of anilines is 2. The molecule has 0 unspecified atom stereocenters. The number of hydrogen-bond donors (Lipinski definition) is 3. The van der Waals surface area contributed by atoms with Gasteiger partial charge in [-0.15, -0.1) is 0 Å². The minimum atomic E-state index is -0.262. The molecule has 0 aliphatic heterocycles. The Hall–Kier alpha value is -3.22. The number of carbonyl (C=O) groups is 1. The molecule has 7 nitrogen and oxygen atoms in total. The highest BCUT2D eigenvalue weighted by Gasteiger charge is 2.18. The van der Waals surface area contributed by atoms with Gasteiger partial charge in [0, 0.05) is 42.3 Å². The number of H-pyrrole nitrogens is 1. The Labute approximate surface area is 152 Å². The van der Waals surface area contributed by atoms with Crippen LogP contribution in [0.5, 0.6) is 0 Å². The molecule has 0 saturated heterocycles. The number of amides is 1. The molecule has 0 aliphatic carbocycles. The van der Waals surface area contributed by atoms with E-state index in [1.807, 2.05) is 18.2 Å². The maximum Gasteiger partial charge on any atom is 0.260 e. The van der Waals surface area contributed by atoms with Crippen LogP contribution in [0.2, 0.25) is 0 Å². The van der Waals surface area contributed by atoms with Crippen LogP contribution in [0.4, 0.5) is 11.6 Å². The normalized spacial score (nSPS) is 11.2. The van der Waals surface area contributed by atoms with Gasteiger partial charge in [-0.3, -0.25) is 14.9 Å². The monoisotopic (exact) mass is 350 g/mol. The van der Waals surface area contributed by atoms with Crippen molar-refractivity contribution in [2.75, 3.05) is 10.6 Å². The van der Waals surface area contributed by atoms with Crippen LogP contribution in [0.3, 0.4) is 0 Å². The van der Waals surface area contributed by atoms with E-state index in [0.717, 1.165) is 11.3 Å². The molecule has 0 saturated carbocycles. The lowest BCUT2D eigenvalue weighted by molar-refractivity contribution is 0.102. The first kappa shape index (κ1) is 17.6. The molecule has 3 aromatic rings. The van der Waals surface area contributed by atoms with Crippen LogP contribution in [0.1, 0.15) is 42.4 Å². The molecule has 3 N–H and O–H groups in total. The van der Waals surface area contributed by atoms with E-state index in [9.17, 15) is 4.79 Å². The molecular weight excluding hydrogens is 328 g/mol. The van der Waals surface area contributed by atoms with Crippen LogP contribution in [0.25, 0.3) is 0 Å². The summed E-state index contributed by atoms with van der Waals surface area (Å²) in [6.07, 6.45) is 5.11. The summed E-state index contributed by atoms with van der Waals surface area (Å²) in [7, 11) is 0. The second-order valence-corrected chi connectivity index (χ2v) is 6.98. The van der Waals surface area contributed by atoms with Crippen LogP contribution >= 0.6 is 0 Å². The Balaban J connectivity index is 1.72. The van der Waals surface area contributed by atoms with Gasteiger partial charge in [0.2, 0.25) is 0 Å². The summed E-state index contributed by atoms with van der Waals surface area (Å²) in [6, 6.07) is 9.13. The maximum absolute atomic E-state index is 12.7. The van der Waals surface area contributed by atoms with Crippen LogP contribution < -0.4 is 10.6 Å². The standard InChI is InChI=1S/C19H22N6O/c1-19(2,3)15-11-16(25-24-15)23-18(26)14-5-4-8-21-17(14)22-12-13-6-9-20-10-7-13/h4-11H,12H2,1-3H3,(H,21,22)(H2,23,24,25,26). The van der Waals surface area contributed by atoms with Gasteiger partial charge < -0.3 is 10.6 Å². The Morgan fingerprint density at radius 3 is 2.62 bits per heavy atom. The van der Waals surface area contributed by atoms with E-state index < -0.39 is 0 Å². The molecule has 7 heteroatoms. The number of rotatable bonds is 5. The predicted octanol–water partition coefficient (Wildman–Crippen LogP) is 3.36. The fourth-order valence-corrected chi connectivity index (χ4v) is 2.37. The third kappa shape index (κ3) is 4.24. The van der Waals surface area contributed by atoms with Gasteiger partial charge in [-0.2, -0.15) is 5.10 Å². The zero-order valence-corrected chi connectivity index (χ0v) is 15.1. The number of pyridine rings is 2. The fraction of sp³-hybridized carbons (Fsp3) is 0.263. The van der Waals surface area contributed by atoms with Crippen molar-refractivity contribution in [1.29, 1.82) is 0 Å². The summed E-state index contributed by atoms with van der Waals surface area (Å²) in [5.41, 5.74) is 2.40. The fourth-order valence-electron chi connectivity index (χ4n) is 2.37. The number of nitrogens with zero attached hydrogens (tertiary/aromatic N) is 3. The number of carbonyl (C=O) groups excluding carboxylic acids is 1. The van der Waals surface area contributed by atoms with E-state index in [-0.39, 0.29) is 11.3 Å². The zero-order valence-electron chi connectivity index (χ0n) is 15.1. The Morgan fingerprint density at radius 2 is 1.92 bits per heavy atom. The Bertz CT molecular complexity index is 882. The first-order chi connectivity index (χ1) is 12.4. The molecule has 26 heavy (non-hydrogen) atoms. The lowest BCUT2D eigenvalue weighted by Gasteiger charge is -2.14. The highest BCUT2D eigenvalue weighted by Crippen LogP contribution is 2.22. The van der Waals surface area contributed by atoms with Crippen LogP contribution in [0.15, 0.2) is 48.9 Å². The highest BCUT2D eigenvalue weighted by atomic mass is 16.1. The lowest BCUT2D eigenvalue weighted by Crippen LogP contribution is -2.16. The third-order valence-corrected chi connectivity index (χ3v) is 3.89. The van der Waals surface area contributed by atoms with Gasteiger partial charge in [-0.25, -0.2) is 4.98 Å². The highest BCUT2D eigenvalue weighted by molar-refractivity contribution is 6.07. The van der Waals surface area contributed by atoms with Gasteiger partial charge in [0.05, 0.1) is 5.56 Å². The van der Waals surface area contributed by atoms with Crippen molar-refractivity contribution in [3.05, 3.63) is 65.7 Å². The summed E-state index contributed by atoms with van der Waals surface area (Å²) in [5.74, 6) is 0.750. The summed E-state index contributed by atoms with van der Waals surface area (Å²) >= 11 is 0. The average molecular weight is 350 g/mol. The van der Waals surface area contributed by atoms with Crippen molar-refractivity contribution in [2.24, 2.45) is 0 Å². The molecule has 0 spiro atoms. The minimum Gasteiger partial charge on any atom is -0.365 e. The minimum absolute atomic E-state index is 0.0679. The first-order valence-electron chi connectivity index (χ1n) is 8.38. The molecule has 0 radical (unpaired) electrons. The van der Waals surface area contributed by atoms with E-state index in [4.69, 9.17) is 0 Å². The summed E-state index contributed by atoms with van der Waals surface area (Å²) in [4.78, 5) is 20.9. The number of nitrogens with one attached hydrogen (secondary N) is 3. The van der Waals surface area contributed by atoms with Gasteiger partial charge >= 0.3 is 0 Å². The summed E-state index contributed by atoms with van der Waals surface area (Å²) < 4.78 is 0. The molecule has 1 amide bonds. The molecule has 3 aromatic heterocycles. The Morgan fingerprint density at radius 1 is 1.15 bits per heavy atom. The summed E-state index contributed by atoms with van der Waals surface area (Å²) in [6.45, 7) is 6.79. The van der Waals surface area contributed by atoms with E-state index in [1.165, 1.54) is 0 Å². The van der Waals surface area contributed by atoms with Crippen molar-refractivity contribution in [1.82, 2.24) is 20.2 Å². The van der Waals surface area contributed by atoms with E-state index in [2.05, 4.69) is 51.6 Å². The van der Waals surface area contributed by atoms with Crippen molar-refractivity contribution >= 4 is 17.5 Å². The molecule has 0 aliphatic rings. The molecule has 3 rings (SSSR count). The van der Waals surface area contributed by atoms with Crippen LogP contribution in [0, 0.1) is 0 Å². The third-order valence-electron chi connectivity index (χ3n) is 3.89. The first-order valence-corrected chi connectivity index (χ1v) is 8.38. The van der Waals surface area contributed by atoms with Gasteiger partial charge in [-0.05, 0) is 29.8 Å². The quantitative estimate of drug-likeness (QED) is 0.656. The molecule has 0 fully saturated rings. The smallest absolute Gasteiger partial charge is 0.260 e.